The van der Waals surface area contributed by atoms with Crippen LogP contribution in [0.15, 0.2) is 60.7 Å². The number of benzene rings is 2. The van der Waals surface area contributed by atoms with Crippen molar-refractivity contribution in [1.82, 2.24) is 0 Å². The van der Waals surface area contributed by atoms with E-state index in [0.717, 1.165) is 11.1 Å². The Kier molecular flexibility index (Phi) is 4.08. The molecule has 0 bridgehead atoms. The highest BCUT2D eigenvalue weighted by Gasteiger charge is 1.98. The van der Waals surface area contributed by atoms with Crippen LogP contribution in [0.25, 0.3) is 6.08 Å². The van der Waals surface area contributed by atoms with Crippen LogP contribution >= 0.6 is 0 Å². The highest BCUT2D eigenvalue weighted by atomic mass is 16.1. The van der Waals surface area contributed by atoms with Gasteiger partial charge in [0, 0.05) is 6.42 Å². The van der Waals surface area contributed by atoms with Crippen LogP contribution in [0.1, 0.15) is 16.7 Å². The van der Waals surface area contributed by atoms with Crippen molar-refractivity contribution >= 4 is 11.9 Å². The van der Waals surface area contributed by atoms with Gasteiger partial charge in [-0.05, 0) is 24.1 Å². The Morgan fingerprint density at radius 1 is 1.00 bits per heavy atom. The fraction of sp³-hybridized carbons (Fsp3) is 0.118. The van der Waals surface area contributed by atoms with Crippen molar-refractivity contribution in [3.8, 4) is 0 Å². The normalized spacial score (nSPS) is 10.7. The van der Waals surface area contributed by atoms with Gasteiger partial charge in [-0.2, -0.15) is 0 Å². The third kappa shape index (κ3) is 3.70. The van der Waals surface area contributed by atoms with E-state index in [1.165, 1.54) is 5.56 Å². The maximum absolute atomic E-state index is 11.8. The summed E-state index contributed by atoms with van der Waals surface area (Å²) in [5.41, 5.74) is 3.33. The molecule has 2 aromatic rings. The number of hydrogen-bond acceptors (Lipinski definition) is 1. The maximum Gasteiger partial charge on any atom is 0.160 e. The molecule has 1 heteroatoms. The first-order valence-electron chi connectivity index (χ1n) is 6.05. The smallest absolute Gasteiger partial charge is 0.160 e. The number of rotatable bonds is 4. The molecular formula is C17H16O. The summed E-state index contributed by atoms with van der Waals surface area (Å²) in [5.74, 6) is 0.127. The Bertz CT molecular complexity index is 536. The molecule has 1 nitrogen and oxygen atoms in total. The van der Waals surface area contributed by atoms with Crippen molar-refractivity contribution in [2.75, 3.05) is 0 Å². The molecule has 0 aliphatic heterocycles. The van der Waals surface area contributed by atoms with Gasteiger partial charge in [-0.15, -0.1) is 0 Å². The lowest BCUT2D eigenvalue weighted by molar-refractivity contribution is -0.113. The average molecular weight is 236 g/mol. The second kappa shape index (κ2) is 5.97. The van der Waals surface area contributed by atoms with Crippen molar-refractivity contribution in [1.29, 1.82) is 0 Å². The lowest BCUT2D eigenvalue weighted by atomic mass is 10.1. The van der Waals surface area contributed by atoms with Crippen LogP contribution in [0.3, 0.4) is 0 Å². The lowest BCUT2D eigenvalue weighted by Crippen LogP contribution is -1.97. The number of ketones is 1. The van der Waals surface area contributed by atoms with Crippen LogP contribution < -0.4 is 0 Å². The molecule has 0 saturated carbocycles. The van der Waals surface area contributed by atoms with Crippen LogP contribution in [0, 0.1) is 6.92 Å². The van der Waals surface area contributed by atoms with Crippen molar-refractivity contribution in [3.05, 3.63) is 77.4 Å². The number of hydrogen-bond donors (Lipinski definition) is 0. The summed E-state index contributed by atoms with van der Waals surface area (Å²) in [5, 5.41) is 0. The zero-order valence-electron chi connectivity index (χ0n) is 10.5. The largest absolute Gasteiger partial charge is 0.294 e. The van der Waals surface area contributed by atoms with Gasteiger partial charge in [-0.25, -0.2) is 0 Å². The minimum atomic E-state index is 0.127. The van der Waals surface area contributed by atoms with Gasteiger partial charge < -0.3 is 0 Å². The van der Waals surface area contributed by atoms with Gasteiger partial charge in [0.05, 0.1) is 0 Å². The van der Waals surface area contributed by atoms with Gasteiger partial charge in [0.2, 0.25) is 0 Å². The summed E-state index contributed by atoms with van der Waals surface area (Å²) in [6.07, 6.45) is 3.98. The second-order valence-electron chi connectivity index (χ2n) is 4.37. The number of carbonyl (C=O) groups excluding carboxylic acids is 1. The number of aryl methyl sites for hydroxylation is 1. The van der Waals surface area contributed by atoms with E-state index in [-0.39, 0.29) is 5.78 Å². The van der Waals surface area contributed by atoms with E-state index in [4.69, 9.17) is 0 Å². The van der Waals surface area contributed by atoms with Gasteiger partial charge in [0.15, 0.2) is 5.78 Å². The Hall–Kier alpha value is -2.15. The van der Waals surface area contributed by atoms with Gasteiger partial charge in [0.1, 0.15) is 0 Å². The van der Waals surface area contributed by atoms with E-state index in [1.54, 1.807) is 6.08 Å². The highest BCUT2D eigenvalue weighted by Crippen LogP contribution is 2.06. The molecule has 0 spiro atoms. The van der Waals surface area contributed by atoms with Gasteiger partial charge in [-0.1, -0.05) is 66.2 Å². The summed E-state index contributed by atoms with van der Waals surface area (Å²) in [6.45, 7) is 2.05. The Morgan fingerprint density at radius 2 is 1.67 bits per heavy atom. The van der Waals surface area contributed by atoms with Gasteiger partial charge >= 0.3 is 0 Å². The third-order valence-electron chi connectivity index (χ3n) is 2.76. The number of allylic oxidation sites excluding steroid dienone is 1. The zero-order chi connectivity index (χ0) is 12.8. The monoisotopic (exact) mass is 236 g/mol. The summed E-state index contributed by atoms with van der Waals surface area (Å²) >= 11 is 0. The van der Waals surface area contributed by atoms with E-state index in [1.807, 2.05) is 67.6 Å². The molecule has 0 N–H and O–H groups in total. The first kappa shape index (κ1) is 12.3. The summed E-state index contributed by atoms with van der Waals surface area (Å²) in [4.78, 5) is 11.8. The predicted molar refractivity (Wildman–Crippen MR) is 75.4 cm³/mol. The molecule has 0 saturated heterocycles. The van der Waals surface area contributed by atoms with E-state index in [2.05, 4.69) is 0 Å². The van der Waals surface area contributed by atoms with Crippen molar-refractivity contribution in [2.24, 2.45) is 0 Å². The maximum atomic E-state index is 11.8. The second-order valence-corrected chi connectivity index (χ2v) is 4.37. The molecule has 90 valence electrons. The molecule has 0 amide bonds. The minimum Gasteiger partial charge on any atom is -0.294 e. The zero-order valence-corrected chi connectivity index (χ0v) is 10.5. The van der Waals surface area contributed by atoms with E-state index in [9.17, 15) is 4.79 Å². The molecule has 2 aromatic carbocycles. The van der Waals surface area contributed by atoms with Crippen LogP contribution in [0.2, 0.25) is 0 Å². The van der Waals surface area contributed by atoms with Crippen LogP contribution in [-0.2, 0) is 11.2 Å². The van der Waals surface area contributed by atoms with Crippen molar-refractivity contribution in [3.63, 3.8) is 0 Å². The van der Waals surface area contributed by atoms with E-state index >= 15 is 0 Å². The Balaban J connectivity index is 1.97. The van der Waals surface area contributed by atoms with Crippen molar-refractivity contribution in [2.45, 2.75) is 13.3 Å². The molecular weight excluding hydrogens is 220 g/mol. The van der Waals surface area contributed by atoms with Gasteiger partial charge in [0.25, 0.3) is 0 Å². The molecule has 18 heavy (non-hydrogen) atoms. The van der Waals surface area contributed by atoms with Crippen LogP contribution in [0.5, 0.6) is 0 Å². The Labute approximate surface area is 108 Å². The first-order chi connectivity index (χ1) is 8.74. The molecule has 0 aromatic heterocycles. The van der Waals surface area contributed by atoms with E-state index in [0.29, 0.717) is 6.42 Å². The summed E-state index contributed by atoms with van der Waals surface area (Å²) < 4.78 is 0. The molecule has 0 atom stereocenters. The van der Waals surface area contributed by atoms with Gasteiger partial charge in [-0.3, -0.25) is 4.79 Å². The average Bonchev–Trinajstić information content (AvgIpc) is 2.39. The Morgan fingerprint density at radius 3 is 2.33 bits per heavy atom. The highest BCUT2D eigenvalue weighted by molar-refractivity contribution is 5.95. The fourth-order valence-corrected chi connectivity index (χ4v) is 1.72. The summed E-state index contributed by atoms with van der Waals surface area (Å²) in [7, 11) is 0. The van der Waals surface area contributed by atoms with Crippen LogP contribution in [-0.4, -0.2) is 5.78 Å². The first-order valence-corrected chi connectivity index (χ1v) is 6.05. The molecule has 0 aliphatic rings. The SMILES string of the molecule is Cc1ccc(/C=C/C(=O)Cc2ccccc2)cc1. The fourth-order valence-electron chi connectivity index (χ4n) is 1.72. The quantitative estimate of drug-likeness (QED) is 0.737. The standard InChI is InChI=1S/C17H16O/c1-14-7-9-15(10-8-14)11-12-17(18)13-16-5-3-2-4-6-16/h2-12H,13H2,1H3/b12-11+. The molecule has 0 radical (unpaired) electrons. The molecule has 0 heterocycles. The van der Waals surface area contributed by atoms with Crippen LogP contribution in [0.4, 0.5) is 0 Å². The topological polar surface area (TPSA) is 17.1 Å². The molecule has 0 aliphatic carbocycles. The molecule has 2 rings (SSSR count). The summed E-state index contributed by atoms with van der Waals surface area (Å²) in [6, 6.07) is 17.9. The molecule has 0 fully saturated rings. The lowest BCUT2D eigenvalue weighted by Gasteiger charge is -1.97. The van der Waals surface area contributed by atoms with E-state index < -0.39 is 0 Å². The van der Waals surface area contributed by atoms with Crippen molar-refractivity contribution < 1.29 is 4.79 Å². The third-order valence-corrected chi connectivity index (χ3v) is 2.76. The minimum absolute atomic E-state index is 0.127. The predicted octanol–water partition coefficient (Wildman–Crippen LogP) is 3.82. The molecule has 0 unspecified atom stereocenters. The number of carbonyl (C=O) groups is 1.